The van der Waals surface area contributed by atoms with Crippen LogP contribution >= 0.6 is 11.3 Å². The van der Waals surface area contributed by atoms with Gasteiger partial charge in [0.25, 0.3) is 5.91 Å². The molecule has 0 saturated carbocycles. The van der Waals surface area contributed by atoms with Gasteiger partial charge in [-0.3, -0.25) is 4.79 Å². The minimum absolute atomic E-state index is 0.0834. The van der Waals surface area contributed by atoms with Crippen LogP contribution in [-0.2, 0) is 17.6 Å². The third kappa shape index (κ3) is 2.77. The van der Waals surface area contributed by atoms with Crippen molar-refractivity contribution in [2.45, 2.75) is 58.1 Å². The van der Waals surface area contributed by atoms with Crippen molar-refractivity contribution in [3.05, 3.63) is 21.4 Å². The highest BCUT2D eigenvalue weighted by Crippen LogP contribution is 2.32. The van der Waals surface area contributed by atoms with Gasteiger partial charge in [-0.15, -0.1) is 11.3 Å². The van der Waals surface area contributed by atoms with Crippen molar-refractivity contribution < 1.29 is 9.53 Å². The topological polar surface area (TPSA) is 38.3 Å². The third-order valence-electron chi connectivity index (χ3n) is 4.53. The minimum atomic E-state index is 0.0834. The van der Waals surface area contributed by atoms with Crippen LogP contribution in [0.4, 0.5) is 0 Å². The lowest BCUT2D eigenvalue weighted by atomic mass is 9.88. The van der Waals surface area contributed by atoms with Crippen molar-refractivity contribution in [1.82, 2.24) is 5.32 Å². The number of hydrogen-bond acceptors (Lipinski definition) is 3. The number of ether oxygens (including phenoxy) is 1. The molecule has 1 aliphatic carbocycles. The van der Waals surface area contributed by atoms with Gasteiger partial charge in [0.1, 0.15) is 0 Å². The molecule has 0 spiro atoms. The third-order valence-corrected chi connectivity index (χ3v) is 5.58. The molecule has 3 nitrogen and oxygen atoms in total. The largest absolute Gasteiger partial charge is 0.376 e. The Bertz CT molecular complexity index is 491. The summed E-state index contributed by atoms with van der Waals surface area (Å²) in [5.41, 5.74) is 2.20. The summed E-state index contributed by atoms with van der Waals surface area (Å²) in [6.45, 7) is 5.17. The van der Waals surface area contributed by atoms with E-state index in [2.05, 4.69) is 19.2 Å². The molecule has 2 aliphatic rings. The normalized spacial score (nSPS) is 27.1. The van der Waals surface area contributed by atoms with E-state index in [4.69, 9.17) is 4.74 Å². The van der Waals surface area contributed by atoms with Crippen LogP contribution < -0.4 is 5.32 Å². The highest BCUT2D eigenvalue weighted by Gasteiger charge is 2.27. The van der Waals surface area contributed by atoms with Crippen LogP contribution in [0.25, 0.3) is 0 Å². The molecule has 20 heavy (non-hydrogen) atoms. The second-order valence-electron chi connectivity index (χ2n) is 6.21. The molecule has 1 aliphatic heterocycles. The first kappa shape index (κ1) is 14.1. The van der Waals surface area contributed by atoms with E-state index in [0.717, 1.165) is 43.8 Å². The van der Waals surface area contributed by atoms with Crippen molar-refractivity contribution in [3.63, 3.8) is 0 Å². The fraction of sp³-hybridized carbons (Fsp3) is 0.688. The number of carbonyl (C=O) groups excluding carboxylic acids is 1. The summed E-state index contributed by atoms with van der Waals surface area (Å²) in [4.78, 5) is 13.9. The van der Waals surface area contributed by atoms with E-state index >= 15 is 0 Å². The summed E-state index contributed by atoms with van der Waals surface area (Å²) in [5, 5.41) is 5.17. The van der Waals surface area contributed by atoms with Crippen molar-refractivity contribution in [3.8, 4) is 0 Å². The Morgan fingerprint density at radius 3 is 3.10 bits per heavy atom. The fourth-order valence-corrected chi connectivity index (χ4v) is 4.49. The van der Waals surface area contributed by atoms with Gasteiger partial charge in [0, 0.05) is 16.9 Å². The summed E-state index contributed by atoms with van der Waals surface area (Å²) in [6.07, 6.45) is 5.74. The molecule has 3 atom stereocenters. The first-order valence-corrected chi connectivity index (χ1v) is 8.55. The first-order valence-electron chi connectivity index (χ1n) is 7.67. The van der Waals surface area contributed by atoms with Crippen LogP contribution in [0.3, 0.4) is 0 Å². The smallest absolute Gasteiger partial charge is 0.252 e. The SMILES string of the molecule is C[C@@H]1CCc2c(C(=O)N[C@@H](C)[C@H]3CCCO3)csc2C1. The van der Waals surface area contributed by atoms with E-state index in [0.29, 0.717) is 0 Å². The maximum atomic E-state index is 12.5. The van der Waals surface area contributed by atoms with Gasteiger partial charge in [0.15, 0.2) is 0 Å². The van der Waals surface area contributed by atoms with Crippen molar-refractivity contribution in [1.29, 1.82) is 0 Å². The molecule has 0 radical (unpaired) electrons. The Hall–Kier alpha value is -0.870. The van der Waals surface area contributed by atoms with Crippen LogP contribution in [0.2, 0.25) is 0 Å². The summed E-state index contributed by atoms with van der Waals surface area (Å²) >= 11 is 1.75. The molecule has 1 saturated heterocycles. The number of rotatable bonds is 3. The zero-order chi connectivity index (χ0) is 14.1. The average Bonchev–Trinajstić information content (AvgIpc) is 3.07. The van der Waals surface area contributed by atoms with E-state index < -0.39 is 0 Å². The van der Waals surface area contributed by atoms with Crippen LogP contribution in [0.5, 0.6) is 0 Å². The second-order valence-corrected chi connectivity index (χ2v) is 7.18. The maximum absolute atomic E-state index is 12.5. The lowest BCUT2D eigenvalue weighted by molar-refractivity contribution is 0.0712. The van der Waals surface area contributed by atoms with Gasteiger partial charge in [-0.05, 0) is 50.5 Å². The highest BCUT2D eigenvalue weighted by molar-refractivity contribution is 7.10. The molecule has 1 amide bonds. The number of nitrogens with one attached hydrogen (secondary N) is 1. The molecular formula is C16H23NO2S. The summed E-state index contributed by atoms with van der Waals surface area (Å²) < 4.78 is 5.65. The van der Waals surface area contributed by atoms with Crippen LogP contribution in [0, 0.1) is 5.92 Å². The molecular weight excluding hydrogens is 270 g/mol. The minimum Gasteiger partial charge on any atom is -0.376 e. The first-order chi connectivity index (χ1) is 9.65. The Balaban J connectivity index is 1.68. The number of carbonyl (C=O) groups is 1. The molecule has 1 aromatic rings. The lowest BCUT2D eigenvalue weighted by Gasteiger charge is -2.22. The number of fused-ring (bicyclic) bond motifs is 1. The number of amides is 1. The Morgan fingerprint density at radius 2 is 2.35 bits per heavy atom. The molecule has 3 rings (SSSR count). The zero-order valence-electron chi connectivity index (χ0n) is 12.3. The molecule has 1 aromatic heterocycles. The van der Waals surface area contributed by atoms with Crippen LogP contribution in [0.1, 0.15) is 53.9 Å². The van der Waals surface area contributed by atoms with Crippen LogP contribution in [-0.4, -0.2) is 24.7 Å². The highest BCUT2D eigenvalue weighted by atomic mass is 32.1. The van der Waals surface area contributed by atoms with Gasteiger partial charge >= 0.3 is 0 Å². The maximum Gasteiger partial charge on any atom is 0.252 e. The van der Waals surface area contributed by atoms with Gasteiger partial charge in [-0.1, -0.05) is 6.92 Å². The quantitative estimate of drug-likeness (QED) is 0.929. The van der Waals surface area contributed by atoms with Gasteiger partial charge in [0.2, 0.25) is 0 Å². The van der Waals surface area contributed by atoms with E-state index in [9.17, 15) is 4.79 Å². The number of thiophene rings is 1. The van der Waals surface area contributed by atoms with Crippen molar-refractivity contribution in [2.24, 2.45) is 5.92 Å². The Labute approximate surface area is 124 Å². The standard InChI is InChI=1S/C16H23NO2S/c1-10-5-6-12-13(9-20-15(12)8-10)16(18)17-11(2)14-4-3-7-19-14/h9-11,14H,3-8H2,1-2H3,(H,17,18)/t10-,11+,14-/m1/s1. The lowest BCUT2D eigenvalue weighted by Crippen LogP contribution is -2.41. The second kappa shape index (κ2) is 5.86. The van der Waals surface area contributed by atoms with E-state index in [1.54, 1.807) is 11.3 Å². The molecule has 0 unspecified atom stereocenters. The average molecular weight is 293 g/mol. The molecule has 0 bridgehead atoms. The monoisotopic (exact) mass is 293 g/mol. The van der Waals surface area contributed by atoms with E-state index in [1.165, 1.54) is 16.9 Å². The van der Waals surface area contributed by atoms with Gasteiger partial charge in [-0.2, -0.15) is 0 Å². The van der Waals surface area contributed by atoms with E-state index in [1.807, 2.05) is 5.38 Å². The molecule has 0 aromatic carbocycles. The summed E-state index contributed by atoms with van der Waals surface area (Å²) in [5.74, 6) is 0.836. The fourth-order valence-electron chi connectivity index (χ4n) is 3.24. The van der Waals surface area contributed by atoms with Crippen molar-refractivity contribution in [2.75, 3.05) is 6.61 Å². The zero-order valence-corrected chi connectivity index (χ0v) is 13.1. The van der Waals surface area contributed by atoms with Gasteiger partial charge in [-0.25, -0.2) is 0 Å². The molecule has 1 fully saturated rings. The Morgan fingerprint density at radius 1 is 1.50 bits per heavy atom. The molecule has 2 heterocycles. The summed E-state index contributed by atoms with van der Waals surface area (Å²) in [7, 11) is 0. The van der Waals surface area contributed by atoms with Gasteiger partial charge in [0.05, 0.1) is 17.7 Å². The molecule has 110 valence electrons. The Kier molecular flexibility index (Phi) is 4.13. The molecule has 1 N–H and O–H groups in total. The van der Waals surface area contributed by atoms with Crippen molar-refractivity contribution >= 4 is 17.2 Å². The number of hydrogen-bond donors (Lipinski definition) is 1. The van der Waals surface area contributed by atoms with Gasteiger partial charge < -0.3 is 10.1 Å². The molecule has 4 heteroatoms. The predicted molar refractivity (Wildman–Crippen MR) is 81.4 cm³/mol. The summed E-state index contributed by atoms with van der Waals surface area (Å²) in [6, 6.07) is 0.100. The van der Waals surface area contributed by atoms with Crippen LogP contribution in [0.15, 0.2) is 5.38 Å². The van der Waals surface area contributed by atoms with E-state index in [-0.39, 0.29) is 18.1 Å². The predicted octanol–water partition coefficient (Wildman–Crippen LogP) is 3.17.